The molecule has 0 radical (unpaired) electrons. The van der Waals surface area contributed by atoms with Crippen LogP contribution in [-0.2, 0) is 4.79 Å². The number of amides is 1. The number of methoxy groups -OCH3 is 1. The van der Waals surface area contributed by atoms with Crippen LogP contribution >= 0.6 is 15.9 Å². The van der Waals surface area contributed by atoms with Crippen molar-refractivity contribution in [2.45, 2.75) is 12.8 Å². The zero-order chi connectivity index (χ0) is 18.5. The summed E-state index contributed by atoms with van der Waals surface area (Å²) in [5, 5.41) is 6.21. The molecule has 3 aromatic rings. The number of nitrogens with one attached hydrogen (secondary N) is 1. The number of benzene rings is 3. The Morgan fingerprint density at radius 3 is 2.62 bits per heavy atom. The summed E-state index contributed by atoms with van der Waals surface area (Å²) in [4.78, 5) is 12.4. The molecule has 0 aromatic heterocycles. The first kappa shape index (κ1) is 18.1. The van der Waals surface area contributed by atoms with E-state index < -0.39 is 0 Å². The lowest BCUT2D eigenvalue weighted by Gasteiger charge is -2.11. The first-order valence-electron chi connectivity index (χ1n) is 8.23. The van der Waals surface area contributed by atoms with E-state index in [9.17, 15) is 4.79 Å². The van der Waals surface area contributed by atoms with Crippen molar-refractivity contribution in [3.05, 3.63) is 76.3 Å². The zero-order valence-corrected chi connectivity index (χ0v) is 16.2. The maximum atomic E-state index is 12.4. The van der Waals surface area contributed by atoms with Crippen LogP contribution in [0.5, 0.6) is 5.75 Å². The molecule has 1 atom stereocenters. The van der Waals surface area contributed by atoms with Crippen molar-refractivity contribution >= 4 is 38.8 Å². The number of hydrogen-bond donors (Lipinski definition) is 1. The minimum Gasteiger partial charge on any atom is -0.497 e. The predicted octanol–water partition coefficient (Wildman–Crippen LogP) is 4.86. The van der Waals surface area contributed by atoms with Gasteiger partial charge in [0.15, 0.2) is 0 Å². The van der Waals surface area contributed by atoms with Crippen LogP contribution < -0.4 is 10.2 Å². The number of ether oxygens (including phenoxy) is 1. The Morgan fingerprint density at radius 1 is 1.12 bits per heavy atom. The molecule has 4 nitrogen and oxygen atoms in total. The number of carbonyl (C=O) groups excluding carboxylic acids is 1. The van der Waals surface area contributed by atoms with Gasteiger partial charge >= 0.3 is 0 Å². The average Bonchev–Trinajstić information content (AvgIpc) is 2.67. The van der Waals surface area contributed by atoms with Gasteiger partial charge in [-0.05, 0) is 41.5 Å². The molecule has 0 aliphatic rings. The molecule has 3 aromatic carbocycles. The van der Waals surface area contributed by atoms with Gasteiger partial charge in [0.2, 0.25) is 5.91 Å². The summed E-state index contributed by atoms with van der Waals surface area (Å²) in [5.41, 5.74) is 4.46. The van der Waals surface area contributed by atoms with E-state index in [4.69, 9.17) is 4.74 Å². The van der Waals surface area contributed by atoms with Gasteiger partial charge in [0.05, 0.1) is 19.2 Å². The lowest BCUT2D eigenvalue weighted by atomic mass is 9.97. The van der Waals surface area contributed by atoms with Gasteiger partial charge in [-0.1, -0.05) is 58.4 Å². The quantitative estimate of drug-likeness (QED) is 0.481. The van der Waals surface area contributed by atoms with Crippen molar-refractivity contribution in [3.63, 3.8) is 0 Å². The van der Waals surface area contributed by atoms with E-state index in [1.54, 1.807) is 13.3 Å². The van der Waals surface area contributed by atoms with Gasteiger partial charge < -0.3 is 4.74 Å². The highest BCUT2D eigenvalue weighted by molar-refractivity contribution is 9.10. The monoisotopic (exact) mass is 410 g/mol. The van der Waals surface area contributed by atoms with Crippen LogP contribution in [0.3, 0.4) is 0 Å². The van der Waals surface area contributed by atoms with Crippen molar-refractivity contribution in [1.29, 1.82) is 0 Å². The molecule has 0 unspecified atom stereocenters. The number of halogens is 1. The van der Waals surface area contributed by atoms with E-state index >= 15 is 0 Å². The summed E-state index contributed by atoms with van der Waals surface area (Å²) in [5.74, 6) is 0.358. The highest BCUT2D eigenvalue weighted by Gasteiger charge is 2.15. The summed E-state index contributed by atoms with van der Waals surface area (Å²) < 4.78 is 6.17. The largest absolute Gasteiger partial charge is 0.497 e. The van der Waals surface area contributed by atoms with Crippen LogP contribution in [0.25, 0.3) is 10.8 Å². The van der Waals surface area contributed by atoms with Gasteiger partial charge in [0.1, 0.15) is 5.75 Å². The van der Waals surface area contributed by atoms with Crippen molar-refractivity contribution in [2.24, 2.45) is 5.10 Å². The molecule has 3 rings (SSSR count). The summed E-state index contributed by atoms with van der Waals surface area (Å²) in [7, 11) is 1.65. The number of hydrogen-bond acceptors (Lipinski definition) is 3. The molecule has 26 heavy (non-hydrogen) atoms. The molecule has 5 heteroatoms. The number of carbonyl (C=O) groups is 1. The fraction of sp³-hybridized carbons (Fsp3) is 0.143. The Bertz CT molecular complexity index is 969. The van der Waals surface area contributed by atoms with Crippen molar-refractivity contribution in [2.75, 3.05) is 7.11 Å². The van der Waals surface area contributed by atoms with Crippen LogP contribution in [0, 0.1) is 0 Å². The van der Waals surface area contributed by atoms with Crippen LogP contribution in [0.4, 0.5) is 0 Å². The van der Waals surface area contributed by atoms with Crippen molar-refractivity contribution < 1.29 is 9.53 Å². The highest BCUT2D eigenvalue weighted by atomic mass is 79.9. The summed E-state index contributed by atoms with van der Waals surface area (Å²) in [6, 6.07) is 19.6. The zero-order valence-electron chi connectivity index (χ0n) is 14.6. The Hall–Kier alpha value is -2.66. The lowest BCUT2D eigenvalue weighted by molar-refractivity contribution is -0.122. The second-order valence-corrected chi connectivity index (χ2v) is 6.80. The average molecular weight is 411 g/mol. The molecule has 1 N–H and O–H groups in total. The van der Waals surface area contributed by atoms with Crippen molar-refractivity contribution in [3.8, 4) is 5.75 Å². The normalized spacial score (nSPS) is 12.3. The second-order valence-electron chi connectivity index (χ2n) is 5.95. The number of fused-ring (bicyclic) bond motifs is 1. The fourth-order valence-electron chi connectivity index (χ4n) is 2.63. The van der Waals surface area contributed by atoms with Gasteiger partial charge in [-0.3, -0.25) is 4.79 Å². The van der Waals surface area contributed by atoms with Gasteiger partial charge in [0.25, 0.3) is 0 Å². The lowest BCUT2D eigenvalue weighted by Crippen LogP contribution is -2.23. The molecule has 0 saturated carbocycles. The topological polar surface area (TPSA) is 50.7 Å². The van der Waals surface area contributed by atoms with Crippen LogP contribution in [0.1, 0.15) is 24.0 Å². The first-order chi connectivity index (χ1) is 12.6. The van der Waals surface area contributed by atoms with E-state index in [1.165, 1.54) is 0 Å². The molecule has 0 bridgehead atoms. The number of nitrogens with zero attached hydrogens (tertiary/aromatic N) is 1. The van der Waals surface area contributed by atoms with Crippen LogP contribution in [0.2, 0.25) is 0 Å². The molecule has 1 amide bonds. The Kier molecular flexibility index (Phi) is 5.68. The third kappa shape index (κ3) is 4.11. The first-order valence-corrected chi connectivity index (χ1v) is 9.03. The SMILES string of the molecule is COc1ccc2cc([C@H](C)C(=O)N/N=C/c3ccccc3Br)ccc2c1. The summed E-state index contributed by atoms with van der Waals surface area (Å²) >= 11 is 3.45. The second kappa shape index (κ2) is 8.15. The molecule has 0 aliphatic heterocycles. The molecule has 0 fully saturated rings. The Balaban J connectivity index is 1.72. The smallest absolute Gasteiger partial charge is 0.247 e. The van der Waals surface area contributed by atoms with E-state index in [-0.39, 0.29) is 11.8 Å². The molecule has 0 saturated heterocycles. The summed E-state index contributed by atoms with van der Waals surface area (Å²) in [6.45, 7) is 1.87. The molecule has 0 aliphatic carbocycles. The third-order valence-corrected chi connectivity index (χ3v) is 4.97. The molecule has 0 spiro atoms. The summed E-state index contributed by atoms with van der Waals surface area (Å²) in [6.07, 6.45) is 1.63. The minimum atomic E-state index is -0.308. The van der Waals surface area contributed by atoms with Gasteiger partial charge in [-0.15, -0.1) is 0 Å². The maximum absolute atomic E-state index is 12.4. The molecule has 0 heterocycles. The predicted molar refractivity (Wildman–Crippen MR) is 109 cm³/mol. The van der Waals surface area contributed by atoms with Crippen molar-refractivity contribution in [1.82, 2.24) is 5.43 Å². The molecule has 132 valence electrons. The highest BCUT2D eigenvalue weighted by Crippen LogP contribution is 2.25. The van der Waals surface area contributed by atoms with Gasteiger partial charge in [-0.2, -0.15) is 5.10 Å². The van der Waals surface area contributed by atoms with Gasteiger partial charge in [0, 0.05) is 10.0 Å². The third-order valence-electron chi connectivity index (χ3n) is 4.25. The minimum absolute atomic E-state index is 0.152. The standard InChI is InChI=1S/C21H19BrN2O2/c1-14(21(25)24-23-13-18-5-3-4-6-20(18)22)15-7-8-17-12-19(26-2)10-9-16(17)11-15/h3-14H,1-2H3,(H,24,25)/b23-13+/t14-/m0/s1. The van der Waals surface area contributed by atoms with Crippen LogP contribution in [0.15, 0.2) is 70.2 Å². The molecular formula is C21H19BrN2O2. The van der Waals surface area contributed by atoms with E-state index in [2.05, 4.69) is 26.5 Å². The number of hydrazone groups is 1. The number of rotatable bonds is 5. The fourth-order valence-corrected chi connectivity index (χ4v) is 3.02. The Labute approximate surface area is 161 Å². The molecular weight excluding hydrogens is 392 g/mol. The Morgan fingerprint density at radius 2 is 1.85 bits per heavy atom. The van der Waals surface area contributed by atoms with E-state index in [0.717, 1.165) is 32.1 Å². The van der Waals surface area contributed by atoms with Crippen LogP contribution in [-0.4, -0.2) is 19.2 Å². The van der Waals surface area contributed by atoms with E-state index in [0.29, 0.717) is 0 Å². The van der Waals surface area contributed by atoms with Gasteiger partial charge in [-0.25, -0.2) is 5.43 Å². The maximum Gasteiger partial charge on any atom is 0.247 e. The van der Waals surface area contributed by atoms with E-state index in [1.807, 2.05) is 67.6 Å².